The number of alkyl halides is 6. The lowest BCUT2D eigenvalue weighted by Crippen LogP contribution is -2.29. The maximum atomic E-state index is 7.00. The molecule has 0 amide bonds. The number of ether oxygens (including phenoxy) is 6. The summed E-state index contributed by atoms with van der Waals surface area (Å²) in [6.45, 7) is 3.53. The van der Waals surface area contributed by atoms with Crippen molar-refractivity contribution in [1.29, 1.82) is 0 Å². The molecule has 0 N–H and O–H groups in total. The van der Waals surface area contributed by atoms with Crippen LogP contribution >= 0.6 is 95.6 Å². The number of fused-ring (bicyclic) bond motifs is 3. The largest absolute Gasteiger partial charge is 0.490 e. The Morgan fingerprint density at radius 2 is 0.507 bits per heavy atom. The molecule has 0 atom stereocenters. The van der Waals surface area contributed by atoms with Gasteiger partial charge in [0.25, 0.3) is 0 Å². The van der Waals surface area contributed by atoms with Crippen molar-refractivity contribution >= 4 is 95.6 Å². The first-order valence-corrected chi connectivity index (χ1v) is 34.5. The lowest BCUT2D eigenvalue weighted by Gasteiger charge is -2.35. The maximum absolute atomic E-state index is 7.00. The second-order valence-electron chi connectivity index (χ2n) is 19.2. The van der Waals surface area contributed by atoms with Crippen molar-refractivity contribution in [2.45, 2.75) is 160 Å². The minimum atomic E-state index is -0.820. The molecule has 1 aliphatic carbocycles. The monoisotopic (exact) mass is 1390 g/mol. The van der Waals surface area contributed by atoms with Crippen molar-refractivity contribution < 1.29 is 28.4 Å². The Kier molecular flexibility index (Phi) is 32.6. The van der Waals surface area contributed by atoms with Gasteiger partial charge in [-0.3, -0.25) is 0 Å². The van der Waals surface area contributed by atoms with Crippen molar-refractivity contribution in [1.82, 2.24) is 0 Å². The Hall–Kier alpha value is -1.44. The van der Waals surface area contributed by atoms with E-state index in [1.807, 2.05) is 0 Å². The zero-order valence-electron chi connectivity index (χ0n) is 43.6. The van der Waals surface area contributed by atoms with Crippen LogP contribution in [0.4, 0.5) is 0 Å². The SMILES string of the molecule is BrCCCCCCOc1cc(C2(c3cc(OCCCCCCBr)c(OCCCCCCBr)c(OCCCCCCBr)c3)c3ccccc3-c3ccccc32)cc(OCCCCCCBr)c1OCCCCCCBr. The molecule has 0 bridgehead atoms. The van der Waals surface area contributed by atoms with E-state index in [0.717, 1.165) is 220 Å². The summed E-state index contributed by atoms with van der Waals surface area (Å²) in [5.41, 5.74) is 6.09. The summed E-state index contributed by atoms with van der Waals surface area (Å²) >= 11 is 21.8. The molecule has 0 saturated carbocycles. The summed E-state index contributed by atoms with van der Waals surface area (Å²) in [7, 11) is 0. The highest BCUT2D eigenvalue weighted by Crippen LogP contribution is 2.59. The molecular weight excluding hydrogens is 1310 g/mol. The van der Waals surface area contributed by atoms with Crippen LogP contribution in [0.3, 0.4) is 0 Å². The van der Waals surface area contributed by atoms with E-state index in [1.54, 1.807) is 0 Å². The Balaban J connectivity index is 1.76. The van der Waals surface area contributed by atoms with E-state index in [0.29, 0.717) is 51.1 Å². The van der Waals surface area contributed by atoms with Crippen LogP contribution in [0.2, 0.25) is 0 Å². The van der Waals surface area contributed by atoms with Gasteiger partial charge in [0.05, 0.1) is 45.1 Å². The van der Waals surface area contributed by atoms with Gasteiger partial charge >= 0.3 is 0 Å². The zero-order chi connectivity index (χ0) is 51.6. The van der Waals surface area contributed by atoms with Gasteiger partial charge in [0, 0.05) is 32.0 Å². The summed E-state index contributed by atoms with van der Waals surface area (Å²) < 4.78 is 41.7. The van der Waals surface area contributed by atoms with Crippen LogP contribution in [0.25, 0.3) is 11.1 Å². The smallest absolute Gasteiger partial charge is 0.203 e. The standard InChI is InChI=1S/C61H84Br6O6/c62-33-17-1-7-23-39-68-55-45-49(46-56(69-40-24-8-2-18-34-63)59(55)72-43-27-11-5-21-37-66)61(53-31-15-13-29-51(53)52-30-14-16-32-54(52)61)50-47-57(70-41-25-9-3-19-35-64)60(73-44-28-12-6-22-38-67)58(48-50)71-42-26-10-4-20-36-65/h13-16,29-32,45-48H,1-12,17-28,33-44H2. The molecule has 406 valence electrons. The van der Waals surface area contributed by atoms with Gasteiger partial charge < -0.3 is 28.4 Å². The fraction of sp³-hybridized carbons (Fsp3) is 0.607. The van der Waals surface area contributed by atoms with Gasteiger partial charge in [-0.1, -0.05) is 221 Å². The van der Waals surface area contributed by atoms with E-state index in [1.165, 1.54) is 22.3 Å². The van der Waals surface area contributed by atoms with E-state index < -0.39 is 5.41 Å². The molecule has 1 aliphatic rings. The Morgan fingerprint density at radius 3 is 0.767 bits per heavy atom. The molecule has 0 fully saturated rings. The van der Waals surface area contributed by atoms with Crippen LogP contribution < -0.4 is 28.4 Å². The molecule has 0 radical (unpaired) electrons. The molecule has 0 heterocycles. The first-order valence-electron chi connectivity index (χ1n) is 27.8. The third kappa shape index (κ3) is 20.1. The van der Waals surface area contributed by atoms with Crippen LogP contribution in [0.15, 0.2) is 72.8 Å². The average molecular weight is 1390 g/mol. The highest BCUT2D eigenvalue weighted by molar-refractivity contribution is 9.10. The molecule has 0 aliphatic heterocycles. The summed E-state index contributed by atoms with van der Waals surface area (Å²) in [4.78, 5) is 0. The van der Waals surface area contributed by atoms with Crippen LogP contribution in [0.5, 0.6) is 34.5 Å². The highest BCUT2D eigenvalue weighted by atomic mass is 79.9. The van der Waals surface area contributed by atoms with E-state index in [4.69, 9.17) is 28.4 Å². The second-order valence-corrected chi connectivity index (χ2v) is 23.9. The predicted octanol–water partition coefficient (Wildman–Crippen LogP) is 20.1. The minimum Gasteiger partial charge on any atom is -0.490 e. The molecule has 6 nitrogen and oxygen atoms in total. The normalized spacial score (nSPS) is 12.4. The summed E-state index contributed by atoms with van der Waals surface area (Å²) in [6.07, 6.45) is 26.2. The molecule has 12 heteroatoms. The third-order valence-corrected chi connectivity index (χ3v) is 16.9. The average Bonchev–Trinajstić information content (AvgIpc) is 3.71. The summed E-state index contributed by atoms with van der Waals surface area (Å²) in [5, 5.41) is 6.12. The van der Waals surface area contributed by atoms with Crippen molar-refractivity contribution in [3.05, 3.63) is 95.1 Å². The van der Waals surface area contributed by atoms with E-state index in [9.17, 15) is 0 Å². The van der Waals surface area contributed by atoms with Crippen LogP contribution in [0.1, 0.15) is 176 Å². The lowest BCUT2D eigenvalue weighted by molar-refractivity contribution is 0.233. The molecule has 4 aromatic carbocycles. The molecule has 5 rings (SSSR count). The number of halogens is 6. The molecule has 73 heavy (non-hydrogen) atoms. The van der Waals surface area contributed by atoms with Gasteiger partial charge in [-0.15, -0.1) is 0 Å². The number of hydrogen-bond acceptors (Lipinski definition) is 6. The fourth-order valence-corrected chi connectivity index (χ4v) is 12.1. The maximum Gasteiger partial charge on any atom is 0.203 e. The molecule has 0 saturated heterocycles. The quantitative estimate of drug-likeness (QED) is 0.0286. The van der Waals surface area contributed by atoms with Crippen molar-refractivity contribution in [3.63, 3.8) is 0 Å². The van der Waals surface area contributed by atoms with Crippen molar-refractivity contribution in [3.8, 4) is 45.6 Å². The van der Waals surface area contributed by atoms with E-state index >= 15 is 0 Å². The van der Waals surface area contributed by atoms with Gasteiger partial charge in [0.2, 0.25) is 11.5 Å². The topological polar surface area (TPSA) is 55.4 Å². The first kappa shape index (κ1) is 62.4. The lowest BCUT2D eigenvalue weighted by atomic mass is 9.67. The van der Waals surface area contributed by atoms with Crippen LogP contribution in [-0.2, 0) is 5.41 Å². The minimum absolute atomic E-state index is 0.586. The van der Waals surface area contributed by atoms with Gasteiger partial charge in [-0.2, -0.15) is 0 Å². The number of benzene rings is 4. The first-order chi connectivity index (χ1) is 36.1. The van der Waals surface area contributed by atoms with Crippen molar-refractivity contribution in [2.24, 2.45) is 0 Å². The van der Waals surface area contributed by atoms with Gasteiger partial charge in [0.15, 0.2) is 23.0 Å². The summed E-state index contributed by atoms with van der Waals surface area (Å²) in [5.74, 6) is 4.32. The van der Waals surface area contributed by atoms with Gasteiger partial charge in [0.1, 0.15) is 0 Å². The molecule has 0 spiro atoms. The van der Waals surface area contributed by atoms with Gasteiger partial charge in [-0.25, -0.2) is 0 Å². The van der Waals surface area contributed by atoms with E-state index in [-0.39, 0.29) is 0 Å². The van der Waals surface area contributed by atoms with Crippen molar-refractivity contribution in [2.75, 3.05) is 71.6 Å². The van der Waals surface area contributed by atoms with Gasteiger partial charge in [-0.05, 0) is 135 Å². The molecule has 0 aromatic heterocycles. The molecule has 4 aromatic rings. The zero-order valence-corrected chi connectivity index (χ0v) is 53.1. The third-order valence-electron chi connectivity index (χ3n) is 13.6. The Labute approximate surface area is 491 Å². The van der Waals surface area contributed by atoms with E-state index in [2.05, 4.69) is 168 Å². The Bertz CT molecular complexity index is 1880. The number of hydrogen-bond donors (Lipinski definition) is 0. The fourth-order valence-electron chi connectivity index (χ4n) is 9.70. The summed E-state index contributed by atoms with van der Waals surface area (Å²) in [6, 6.07) is 27.0. The molecule has 0 unspecified atom stereocenters. The number of unbranched alkanes of at least 4 members (excludes halogenated alkanes) is 18. The van der Waals surface area contributed by atoms with Crippen LogP contribution in [-0.4, -0.2) is 71.6 Å². The predicted molar refractivity (Wildman–Crippen MR) is 330 cm³/mol. The second kappa shape index (κ2) is 38.2. The highest BCUT2D eigenvalue weighted by Gasteiger charge is 2.48. The number of rotatable bonds is 44. The molecular formula is C61H84Br6O6. The Morgan fingerprint density at radius 1 is 0.274 bits per heavy atom. The van der Waals surface area contributed by atoms with Crippen LogP contribution in [0, 0.1) is 0 Å².